The summed E-state index contributed by atoms with van der Waals surface area (Å²) in [4.78, 5) is 10.6. The number of hydrogen-bond acceptors (Lipinski definition) is 5. The number of nitrogen functional groups attached to an aromatic ring is 1. The molecule has 1 aliphatic heterocycles. The summed E-state index contributed by atoms with van der Waals surface area (Å²) in [5.74, 6) is 1.76. The summed E-state index contributed by atoms with van der Waals surface area (Å²) in [5.41, 5.74) is 6.02. The maximum absolute atomic E-state index is 7.54. The fourth-order valence-corrected chi connectivity index (χ4v) is 3.06. The van der Waals surface area contributed by atoms with E-state index in [1.165, 1.54) is 0 Å². The van der Waals surface area contributed by atoms with Gasteiger partial charge in [0.05, 0.1) is 0 Å². The van der Waals surface area contributed by atoms with E-state index in [0.29, 0.717) is 5.69 Å². The minimum atomic E-state index is -0.0240. The Kier molecular flexibility index (Phi) is 3.24. The largest absolute Gasteiger partial charge is 0.382 e. The smallest absolute Gasteiger partial charge is 0.158 e. The predicted octanol–water partition coefficient (Wildman–Crippen LogP) is 1.09. The molecule has 2 heterocycles. The van der Waals surface area contributed by atoms with Crippen LogP contribution in [0.15, 0.2) is 12.4 Å². The van der Waals surface area contributed by atoms with Gasteiger partial charge < -0.3 is 10.6 Å². The van der Waals surface area contributed by atoms with Crippen molar-refractivity contribution in [2.75, 3.05) is 23.7 Å². The second-order valence-electron chi connectivity index (χ2n) is 4.67. The van der Waals surface area contributed by atoms with Gasteiger partial charge in [-0.05, 0) is 13.8 Å². The maximum atomic E-state index is 7.54. The number of nitrogens with two attached hydrogens (primary N) is 1. The predicted molar refractivity (Wildman–Crippen MR) is 71.8 cm³/mol. The number of rotatable bonds is 2. The molecule has 0 aromatic carbocycles. The highest BCUT2D eigenvalue weighted by atomic mass is 32.2. The highest BCUT2D eigenvalue weighted by Crippen LogP contribution is 2.32. The van der Waals surface area contributed by atoms with Gasteiger partial charge >= 0.3 is 0 Å². The van der Waals surface area contributed by atoms with Crippen molar-refractivity contribution < 1.29 is 0 Å². The van der Waals surface area contributed by atoms with Gasteiger partial charge in [0.2, 0.25) is 0 Å². The Labute approximate surface area is 105 Å². The topological polar surface area (TPSA) is 78.9 Å². The van der Waals surface area contributed by atoms with Gasteiger partial charge in [0.15, 0.2) is 5.82 Å². The number of anilines is 1. The first kappa shape index (κ1) is 12.2. The average molecular weight is 251 g/mol. The molecule has 0 saturated carbocycles. The van der Waals surface area contributed by atoms with Gasteiger partial charge in [-0.2, -0.15) is 11.8 Å². The van der Waals surface area contributed by atoms with Crippen LogP contribution in [0.25, 0.3) is 0 Å². The van der Waals surface area contributed by atoms with Crippen molar-refractivity contribution in [3.63, 3.8) is 0 Å². The van der Waals surface area contributed by atoms with Crippen LogP contribution in [0.1, 0.15) is 19.5 Å². The van der Waals surface area contributed by atoms with Gasteiger partial charge in [-0.1, -0.05) is 0 Å². The second-order valence-corrected chi connectivity index (χ2v) is 6.47. The van der Waals surface area contributed by atoms with Crippen molar-refractivity contribution in [3.05, 3.63) is 18.1 Å². The first-order valence-electron chi connectivity index (χ1n) is 5.54. The zero-order valence-electron chi connectivity index (χ0n) is 10.1. The number of aromatic nitrogens is 2. The molecule has 17 heavy (non-hydrogen) atoms. The van der Waals surface area contributed by atoms with E-state index in [0.717, 1.165) is 24.7 Å². The van der Waals surface area contributed by atoms with Crippen LogP contribution in [0.2, 0.25) is 0 Å². The molecule has 0 unspecified atom stereocenters. The Morgan fingerprint density at radius 3 is 2.82 bits per heavy atom. The van der Waals surface area contributed by atoms with E-state index in [-0.39, 0.29) is 10.6 Å². The van der Waals surface area contributed by atoms with Crippen molar-refractivity contribution in [3.8, 4) is 0 Å². The van der Waals surface area contributed by atoms with Crippen LogP contribution in [-0.2, 0) is 0 Å². The van der Waals surface area contributed by atoms with Crippen molar-refractivity contribution >= 4 is 23.4 Å². The molecule has 1 fully saturated rings. The van der Waals surface area contributed by atoms with E-state index >= 15 is 0 Å². The van der Waals surface area contributed by atoms with Crippen LogP contribution in [0.4, 0.5) is 5.82 Å². The lowest BCUT2D eigenvalue weighted by atomic mass is 10.2. The highest BCUT2D eigenvalue weighted by molar-refractivity contribution is 8.00. The lowest BCUT2D eigenvalue weighted by Gasteiger charge is -2.38. The van der Waals surface area contributed by atoms with E-state index in [2.05, 4.69) is 28.7 Å². The molecular weight excluding hydrogens is 234 g/mol. The van der Waals surface area contributed by atoms with Gasteiger partial charge in [-0.15, -0.1) is 0 Å². The molecule has 5 nitrogen and oxygen atoms in total. The monoisotopic (exact) mass is 251 g/mol. The molecule has 0 bridgehead atoms. The average Bonchev–Trinajstić information content (AvgIpc) is 2.27. The van der Waals surface area contributed by atoms with Crippen molar-refractivity contribution in [1.29, 1.82) is 5.41 Å². The summed E-state index contributed by atoms with van der Waals surface area (Å²) >= 11 is 1.96. The Morgan fingerprint density at radius 1 is 1.47 bits per heavy atom. The Morgan fingerprint density at radius 2 is 2.18 bits per heavy atom. The van der Waals surface area contributed by atoms with Gasteiger partial charge in [0.25, 0.3) is 0 Å². The second kappa shape index (κ2) is 4.52. The Balaban J connectivity index is 2.30. The number of amidine groups is 1. The van der Waals surface area contributed by atoms with Crippen LogP contribution < -0.4 is 10.6 Å². The third-order valence-corrected chi connectivity index (χ3v) is 3.96. The fraction of sp³-hybridized carbons (Fsp3) is 0.545. The lowest BCUT2D eigenvalue weighted by Crippen LogP contribution is -2.44. The maximum Gasteiger partial charge on any atom is 0.158 e. The Hall–Kier alpha value is -1.30. The molecule has 1 saturated heterocycles. The van der Waals surface area contributed by atoms with E-state index in [1.807, 2.05) is 11.8 Å². The SMILES string of the molecule is CC1(C)CN(c2nccnc2C(=N)N)CCS1. The first-order valence-corrected chi connectivity index (χ1v) is 6.52. The number of thioether (sulfide) groups is 1. The fourth-order valence-electron chi connectivity index (χ4n) is 1.95. The van der Waals surface area contributed by atoms with E-state index in [1.54, 1.807) is 12.4 Å². The minimum Gasteiger partial charge on any atom is -0.382 e. The van der Waals surface area contributed by atoms with Crippen LogP contribution in [0.5, 0.6) is 0 Å². The molecule has 0 atom stereocenters. The van der Waals surface area contributed by atoms with E-state index in [4.69, 9.17) is 11.1 Å². The molecule has 0 amide bonds. The highest BCUT2D eigenvalue weighted by Gasteiger charge is 2.29. The third-order valence-electron chi connectivity index (χ3n) is 2.66. The molecule has 1 aromatic heterocycles. The molecule has 0 aliphatic carbocycles. The van der Waals surface area contributed by atoms with E-state index < -0.39 is 0 Å². The zero-order chi connectivity index (χ0) is 12.5. The summed E-state index contributed by atoms with van der Waals surface area (Å²) in [6.45, 7) is 6.25. The number of nitrogens with one attached hydrogen (secondary N) is 1. The molecule has 0 radical (unpaired) electrons. The third kappa shape index (κ3) is 2.69. The van der Waals surface area contributed by atoms with Crippen LogP contribution in [-0.4, -0.2) is 39.4 Å². The number of nitrogens with zero attached hydrogens (tertiary/aromatic N) is 3. The van der Waals surface area contributed by atoms with Crippen LogP contribution in [0.3, 0.4) is 0 Å². The lowest BCUT2D eigenvalue weighted by molar-refractivity contribution is 0.641. The molecule has 0 spiro atoms. The van der Waals surface area contributed by atoms with Crippen LogP contribution >= 0.6 is 11.8 Å². The summed E-state index contributed by atoms with van der Waals surface area (Å²) in [7, 11) is 0. The van der Waals surface area contributed by atoms with Crippen LogP contribution in [0, 0.1) is 5.41 Å². The molecular formula is C11H17N5S. The van der Waals surface area contributed by atoms with Crippen molar-refractivity contribution in [2.45, 2.75) is 18.6 Å². The summed E-state index contributed by atoms with van der Waals surface area (Å²) < 4.78 is 0.198. The zero-order valence-corrected chi connectivity index (χ0v) is 10.9. The summed E-state index contributed by atoms with van der Waals surface area (Å²) in [6.07, 6.45) is 3.22. The van der Waals surface area contributed by atoms with Gasteiger partial charge in [0.1, 0.15) is 11.5 Å². The van der Waals surface area contributed by atoms with Gasteiger partial charge in [-0.25, -0.2) is 9.97 Å². The Bertz CT molecular complexity index is 432. The summed E-state index contributed by atoms with van der Waals surface area (Å²) in [6, 6.07) is 0. The molecule has 3 N–H and O–H groups in total. The van der Waals surface area contributed by atoms with Crippen molar-refractivity contribution in [1.82, 2.24) is 9.97 Å². The molecule has 1 aromatic rings. The normalized spacial score (nSPS) is 19.1. The van der Waals surface area contributed by atoms with Crippen molar-refractivity contribution in [2.24, 2.45) is 5.73 Å². The molecule has 92 valence electrons. The first-order chi connectivity index (χ1) is 7.99. The van der Waals surface area contributed by atoms with Gasteiger partial charge in [0, 0.05) is 36.0 Å². The summed E-state index contributed by atoms with van der Waals surface area (Å²) in [5, 5.41) is 7.54. The minimum absolute atomic E-state index is 0.0240. The molecule has 1 aliphatic rings. The van der Waals surface area contributed by atoms with Gasteiger partial charge in [-0.3, -0.25) is 5.41 Å². The molecule has 2 rings (SSSR count). The molecule has 6 heteroatoms. The van der Waals surface area contributed by atoms with E-state index in [9.17, 15) is 0 Å². The quantitative estimate of drug-likeness (QED) is 0.607. The number of hydrogen-bond donors (Lipinski definition) is 2. The standard InChI is InChI=1S/C11H17N5S/c1-11(2)7-16(5-6-17-11)10-8(9(12)13)14-3-4-15-10/h3-4H,5-7H2,1-2H3,(H3,12,13).